The highest BCUT2D eigenvalue weighted by Crippen LogP contribution is 2.50. The van der Waals surface area contributed by atoms with Gasteiger partial charge in [0.25, 0.3) is 0 Å². The fourth-order valence-electron chi connectivity index (χ4n) is 5.01. The van der Waals surface area contributed by atoms with E-state index >= 15 is 8.78 Å². The van der Waals surface area contributed by atoms with E-state index in [4.69, 9.17) is 32.8 Å². The van der Waals surface area contributed by atoms with Crippen molar-refractivity contribution in [1.29, 1.82) is 0 Å². The number of hydrogen-bond acceptors (Lipinski definition) is 8. The quantitative estimate of drug-likeness (QED) is 0.186. The maximum Gasteiger partial charge on any atom is 0.192 e. The first-order valence-electron chi connectivity index (χ1n) is 14.1. The Labute approximate surface area is 248 Å². The van der Waals surface area contributed by atoms with Crippen LogP contribution in [-0.4, -0.2) is 72.1 Å². The largest absolute Gasteiger partial charge is 0.493 e. The second-order valence-corrected chi connectivity index (χ2v) is 17.8. The van der Waals surface area contributed by atoms with Crippen LogP contribution in [-0.2, 0) is 30.7 Å². The Morgan fingerprint density at radius 1 is 0.976 bits per heavy atom. The molecule has 0 spiro atoms. The van der Waals surface area contributed by atoms with E-state index < -0.39 is 49.5 Å². The van der Waals surface area contributed by atoms with Crippen LogP contribution in [0.3, 0.4) is 0 Å². The standard InChI is InChI=1S/C31H44F2O8Si/c1-29(2,3)42(9,10)39-16-25-28(41-25)31(34,20-14-23(36-7)24(37-8)15-21(20)32)19-11-12-22-18(27(19)33)13-26(40-22)30(4,5)38-17-35-6/h11-12,14-15,25-26,28,34H,13,16-17H2,1-10H3/t25-,26-,28-,31-/m1/s1. The average molecular weight is 611 g/mol. The van der Waals surface area contributed by atoms with Crippen LogP contribution in [0.25, 0.3) is 0 Å². The van der Waals surface area contributed by atoms with E-state index in [9.17, 15) is 5.11 Å². The van der Waals surface area contributed by atoms with Crippen molar-refractivity contribution in [2.24, 2.45) is 0 Å². The number of ether oxygens (including phenoxy) is 6. The van der Waals surface area contributed by atoms with Gasteiger partial charge < -0.3 is 38.0 Å². The Hall–Kier alpha value is -2.28. The molecule has 0 amide bonds. The highest BCUT2D eigenvalue weighted by molar-refractivity contribution is 6.74. The van der Waals surface area contributed by atoms with Crippen LogP contribution < -0.4 is 14.2 Å². The Morgan fingerprint density at radius 2 is 1.62 bits per heavy atom. The lowest BCUT2D eigenvalue weighted by Crippen LogP contribution is -2.43. The minimum absolute atomic E-state index is 0.0482. The molecule has 1 fully saturated rings. The predicted molar refractivity (Wildman–Crippen MR) is 156 cm³/mol. The summed E-state index contributed by atoms with van der Waals surface area (Å²) in [6, 6.07) is 5.45. The molecular weight excluding hydrogens is 566 g/mol. The molecule has 8 nitrogen and oxygen atoms in total. The Kier molecular flexibility index (Phi) is 9.06. The SMILES string of the molecule is COCOC(C)(C)[C@H]1Cc2c(ccc([C@@](O)(c3cc(OC)c(OC)cc3F)[C@@H]3O[C@@H]3CO[Si](C)(C)C(C)(C)C)c2F)O1. The van der Waals surface area contributed by atoms with Crippen molar-refractivity contribution >= 4 is 8.32 Å². The molecule has 4 atom stereocenters. The summed E-state index contributed by atoms with van der Waals surface area (Å²) in [6.45, 7) is 14.5. The molecule has 4 rings (SSSR count). The first-order chi connectivity index (χ1) is 19.5. The zero-order chi connectivity index (χ0) is 31.3. The molecule has 0 radical (unpaired) electrons. The second-order valence-electron chi connectivity index (χ2n) is 13.0. The topological polar surface area (TPSA) is 88.1 Å². The third-order valence-electron chi connectivity index (χ3n) is 8.89. The smallest absolute Gasteiger partial charge is 0.192 e. The lowest BCUT2D eigenvalue weighted by molar-refractivity contribution is -0.149. The fraction of sp³-hybridized carbons (Fsp3) is 0.613. The predicted octanol–water partition coefficient (Wildman–Crippen LogP) is 5.71. The third kappa shape index (κ3) is 5.91. The number of aliphatic hydroxyl groups is 1. The monoisotopic (exact) mass is 610 g/mol. The van der Waals surface area contributed by atoms with Crippen LogP contribution >= 0.6 is 0 Å². The molecular formula is C31H44F2O8Si. The summed E-state index contributed by atoms with van der Waals surface area (Å²) in [7, 11) is 2.15. The van der Waals surface area contributed by atoms with E-state index in [0.29, 0.717) is 5.75 Å². The van der Waals surface area contributed by atoms with E-state index in [1.807, 2.05) is 13.8 Å². The zero-order valence-electron chi connectivity index (χ0n) is 26.2. The summed E-state index contributed by atoms with van der Waals surface area (Å²) in [5.74, 6) is -0.838. The van der Waals surface area contributed by atoms with Crippen molar-refractivity contribution < 1.29 is 46.7 Å². The van der Waals surface area contributed by atoms with E-state index in [0.717, 1.165) is 6.07 Å². The van der Waals surface area contributed by atoms with Crippen molar-refractivity contribution in [3.05, 3.63) is 52.6 Å². The summed E-state index contributed by atoms with van der Waals surface area (Å²) in [5.41, 5.74) is -3.07. The van der Waals surface area contributed by atoms with Gasteiger partial charge in [0.1, 0.15) is 53.7 Å². The van der Waals surface area contributed by atoms with Gasteiger partial charge in [0.15, 0.2) is 19.8 Å². The van der Waals surface area contributed by atoms with E-state index in [-0.39, 0.29) is 53.0 Å². The summed E-state index contributed by atoms with van der Waals surface area (Å²) in [6.07, 6.45) is -1.91. The highest BCUT2D eigenvalue weighted by Gasteiger charge is 2.59. The lowest BCUT2D eigenvalue weighted by atomic mass is 9.80. The van der Waals surface area contributed by atoms with Crippen molar-refractivity contribution in [3.63, 3.8) is 0 Å². The molecule has 234 valence electrons. The number of hydrogen-bond donors (Lipinski definition) is 1. The van der Waals surface area contributed by atoms with Gasteiger partial charge >= 0.3 is 0 Å². The average Bonchev–Trinajstić information content (AvgIpc) is 3.58. The highest BCUT2D eigenvalue weighted by atomic mass is 28.4. The van der Waals surface area contributed by atoms with Gasteiger partial charge in [0.05, 0.1) is 20.8 Å². The molecule has 2 heterocycles. The number of epoxide rings is 1. The van der Waals surface area contributed by atoms with Crippen molar-refractivity contribution in [1.82, 2.24) is 0 Å². The summed E-state index contributed by atoms with van der Waals surface area (Å²) in [4.78, 5) is 0. The Morgan fingerprint density at radius 3 is 2.21 bits per heavy atom. The maximum absolute atomic E-state index is 16.5. The van der Waals surface area contributed by atoms with Crippen molar-refractivity contribution in [3.8, 4) is 17.2 Å². The molecule has 0 bridgehead atoms. The van der Waals surface area contributed by atoms with Crippen LogP contribution in [0.2, 0.25) is 18.1 Å². The molecule has 1 saturated heterocycles. The number of fused-ring (bicyclic) bond motifs is 1. The number of halogens is 2. The van der Waals surface area contributed by atoms with Crippen LogP contribution in [0.15, 0.2) is 24.3 Å². The van der Waals surface area contributed by atoms with Crippen molar-refractivity contribution in [2.45, 2.75) is 88.7 Å². The minimum Gasteiger partial charge on any atom is -0.493 e. The molecule has 1 N–H and O–H groups in total. The van der Waals surface area contributed by atoms with Gasteiger partial charge in [0.2, 0.25) is 0 Å². The maximum atomic E-state index is 16.5. The number of rotatable bonds is 12. The van der Waals surface area contributed by atoms with Crippen LogP contribution in [0.1, 0.15) is 51.3 Å². The van der Waals surface area contributed by atoms with Gasteiger partial charge in [-0.1, -0.05) is 20.8 Å². The summed E-state index contributed by atoms with van der Waals surface area (Å²) >= 11 is 0. The van der Waals surface area contributed by atoms with Crippen LogP contribution in [0.5, 0.6) is 17.2 Å². The van der Waals surface area contributed by atoms with Gasteiger partial charge in [-0.25, -0.2) is 8.78 Å². The second kappa shape index (κ2) is 11.7. The molecule has 2 aliphatic rings. The zero-order valence-corrected chi connectivity index (χ0v) is 27.2. The Balaban J connectivity index is 1.76. The molecule has 0 aliphatic carbocycles. The van der Waals surface area contributed by atoms with Gasteiger partial charge in [-0.3, -0.25) is 0 Å². The Bertz CT molecular complexity index is 1290. The number of methoxy groups -OCH3 is 3. The molecule has 2 aromatic rings. The molecule has 11 heteroatoms. The third-order valence-corrected chi connectivity index (χ3v) is 13.4. The minimum atomic E-state index is -2.22. The molecule has 0 unspecified atom stereocenters. The van der Waals surface area contributed by atoms with Crippen LogP contribution in [0, 0.1) is 11.6 Å². The van der Waals surface area contributed by atoms with Gasteiger partial charge in [-0.15, -0.1) is 0 Å². The number of benzene rings is 2. The normalized spacial score (nSPS) is 21.9. The van der Waals surface area contributed by atoms with Crippen LogP contribution in [0.4, 0.5) is 8.78 Å². The molecule has 0 saturated carbocycles. The molecule has 2 aliphatic heterocycles. The van der Waals surface area contributed by atoms with E-state index in [1.165, 1.54) is 33.5 Å². The van der Waals surface area contributed by atoms with Crippen molar-refractivity contribution in [2.75, 3.05) is 34.7 Å². The summed E-state index contributed by atoms with van der Waals surface area (Å²) in [5, 5.41) is 12.4. The van der Waals surface area contributed by atoms with E-state index in [2.05, 4.69) is 33.9 Å². The fourth-order valence-corrected chi connectivity index (χ4v) is 6.03. The van der Waals surface area contributed by atoms with Gasteiger partial charge in [0, 0.05) is 36.3 Å². The van der Waals surface area contributed by atoms with E-state index in [1.54, 1.807) is 6.07 Å². The summed E-state index contributed by atoms with van der Waals surface area (Å²) < 4.78 is 72.1. The lowest BCUT2D eigenvalue weighted by Gasteiger charge is -2.36. The molecule has 42 heavy (non-hydrogen) atoms. The van der Waals surface area contributed by atoms with Gasteiger partial charge in [-0.05, 0) is 50.2 Å². The molecule has 0 aromatic heterocycles. The first kappa shape index (κ1) is 32.6. The molecule has 2 aromatic carbocycles. The van der Waals surface area contributed by atoms with Gasteiger partial charge in [-0.2, -0.15) is 0 Å². The first-order valence-corrected chi connectivity index (χ1v) is 17.0.